The number of hydrogen-bond donors (Lipinski definition) is 1. The first-order chi connectivity index (χ1) is 10.1. The Morgan fingerprint density at radius 3 is 2.52 bits per heavy atom. The molecule has 0 atom stereocenters. The van der Waals surface area contributed by atoms with Crippen LogP contribution in [-0.4, -0.2) is 15.6 Å². The quantitative estimate of drug-likeness (QED) is 0.784. The molecule has 0 fully saturated rings. The van der Waals surface area contributed by atoms with Crippen molar-refractivity contribution < 1.29 is 9.90 Å². The zero-order valence-corrected chi connectivity index (χ0v) is 13.8. The molecule has 1 heterocycles. The SMILES string of the molecule is CCCCn1c(CCC(=O)O)ccc1-c1ccc(Br)cc1. The van der Waals surface area contributed by atoms with E-state index < -0.39 is 5.97 Å². The van der Waals surface area contributed by atoms with Crippen molar-refractivity contribution in [3.8, 4) is 11.3 Å². The third kappa shape index (κ3) is 4.21. The molecule has 3 nitrogen and oxygen atoms in total. The van der Waals surface area contributed by atoms with Gasteiger partial charge < -0.3 is 9.67 Å². The number of hydrogen-bond acceptors (Lipinski definition) is 1. The molecule has 0 saturated carbocycles. The number of aryl methyl sites for hydroxylation is 1. The average molecular weight is 350 g/mol. The second-order valence-corrected chi connectivity index (χ2v) is 6.03. The van der Waals surface area contributed by atoms with Crippen molar-refractivity contribution in [2.24, 2.45) is 0 Å². The largest absolute Gasteiger partial charge is 0.481 e. The molecule has 1 aromatic carbocycles. The van der Waals surface area contributed by atoms with Gasteiger partial charge in [0.2, 0.25) is 0 Å². The molecular formula is C17H20BrNO2. The van der Waals surface area contributed by atoms with Crippen LogP contribution in [0.3, 0.4) is 0 Å². The van der Waals surface area contributed by atoms with E-state index in [9.17, 15) is 4.79 Å². The Morgan fingerprint density at radius 2 is 1.90 bits per heavy atom. The van der Waals surface area contributed by atoms with Crippen LogP contribution in [0.15, 0.2) is 40.9 Å². The molecule has 1 N–H and O–H groups in total. The zero-order chi connectivity index (χ0) is 15.2. The summed E-state index contributed by atoms with van der Waals surface area (Å²) < 4.78 is 3.32. The van der Waals surface area contributed by atoms with Gasteiger partial charge in [-0.2, -0.15) is 0 Å². The first kappa shape index (κ1) is 15.8. The summed E-state index contributed by atoms with van der Waals surface area (Å²) in [6.07, 6.45) is 2.97. The molecule has 0 saturated heterocycles. The van der Waals surface area contributed by atoms with Crippen LogP contribution in [0.5, 0.6) is 0 Å². The van der Waals surface area contributed by atoms with Crippen LogP contribution < -0.4 is 0 Å². The molecule has 112 valence electrons. The van der Waals surface area contributed by atoms with Gasteiger partial charge in [-0.3, -0.25) is 4.79 Å². The van der Waals surface area contributed by atoms with E-state index in [2.05, 4.69) is 51.7 Å². The lowest BCUT2D eigenvalue weighted by Crippen LogP contribution is -2.07. The lowest BCUT2D eigenvalue weighted by molar-refractivity contribution is -0.136. The van der Waals surface area contributed by atoms with Gasteiger partial charge in [-0.1, -0.05) is 41.4 Å². The van der Waals surface area contributed by atoms with Crippen LogP contribution in [0.25, 0.3) is 11.3 Å². The third-order valence-electron chi connectivity index (χ3n) is 3.54. The first-order valence-corrected chi connectivity index (χ1v) is 8.07. The van der Waals surface area contributed by atoms with E-state index in [-0.39, 0.29) is 6.42 Å². The van der Waals surface area contributed by atoms with Gasteiger partial charge in [0.1, 0.15) is 0 Å². The van der Waals surface area contributed by atoms with Gasteiger partial charge in [0.05, 0.1) is 6.42 Å². The van der Waals surface area contributed by atoms with Crippen LogP contribution in [0.1, 0.15) is 31.9 Å². The van der Waals surface area contributed by atoms with E-state index in [0.29, 0.717) is 6.42 Å². The highest BCUT2D eigenvalue weighted by Gasteiger charge is 2.11. The molecule has 0 unspecified atom stereocenters. The molecule has 0 radical (unpaired) electrons. The van der Waals surface area contributed by atoms with Crippen molar-refractivity contribution in [1.82, 2.24) is 4.57 Å². The second-order valence-electron chi connectivity index (χ2n) is 5.12. The van der Waals surface area contributed by atoms with Gasteiger partial charge in [-0.15, -0.1) is 0 Å². The Morgan fingerprint density at radius 1 is 1.19 bits per heavy atom. The van der Waals surface area contributed by atoms with E-state index in [1.807, 2.05) is 12.1 Å². The number of halogens is 1. The third-order valence-corrected chi connectivity index (χ3v) is 4.07. The fourth-order valence-corrected chi connectivity index (χ4v) is 2.68. The van der Waals surface area contributed by atoms with Gasteiger partial charge in [-0.05, 0) is 42.7 Å². The van der Waals surface area contributed by atoms with Gasteiger partial charge in [-0.25, -0.2) is 0 Å². The fraction of sp³-hybridized carbons (Fsp3) is 0.353. The molecule has 0 aliphatic heterocycles. The number of rotatable bonds is 7. The molecule has 0 amide bonds. The molecule has 0 bridgehead atoms. The molecule has 0 aliphatic rings. The van der Waals surface area contributed by atoms with Crippen LogP contribution in [0, 0.1) is 0 Å². The van der Waals surface area contributed by atoms with Crippen LogP contribution >= 0.6 is 15.9 Å². The Bertz CT molecular complexity index is 602. The highest BCUT2D eigenvalue weighted by molar-refractivity contribution is 9.10. The minimum Gasteiger partial charge on any atom is -0.481 e. The van der Waals surface area contributed by atoms with Crippen molar-refractivity contribution in [2.45, 2.75) is 39.2 Å². The van der Waals surface area contributed by atoms with Crippen molar-refractivity contribution in [3.63, 3.8) is 0 Å². The summed E-state index contributed by atoms with van der Waals surface area (Å²) >= 11 is 3.45. The molecule has 2 aromatic rings. The predicted octanol–water partition coefficient (Wildman–Crippen LogP) is 4.73. The normalized spacial score (nSPS) is 10.8. The highest BCUT2D eigenvalue weighted by atomic mass is 79.9. The number of carboxylic acid groups (broad SMARTS) is 1. The molecule has 2 rings (SSSR count). The van der Waals surface area contributed by atoms with E-state index in [1.165, 1.54) is 0 Å². The number of nitrogens with zero attached hydrogens (tertiary/aromatic N) is 1. The van der Waals surface area contributed by atoms with Crippen molar-refractivity contribution in [1.29, 1.82) is 0 Å². The maximum absolute atomic E-state index is 10.8. The van der Waals surface area contributed by atoms with Gasteiger partial charge in [0, 0.05) is 22.4 Å². The topological polar surface area (TPSA) is 42.2 Å². The number of carbonyl (C=O) groups is 1. The Kier molecular flexibility index (Phi) is 5.62. The fourth-order valence-electron chi connectivity index (χ4n) is 2.42. The van der Waals surface area contributed by atoms with Crippen molar-refractivity contribution in [2.75, 3.05) is 0 Å². The summed E-state index contributed by atoms with van der Waals surface area (Å²) in [5.41, 5.74) is 3.43. The lowest BCUT2D eigenvalue weighted by Gasteiger charge is -2.13. The van der Waals surface area contributed by atoms with E-state index >= 15 is 0 Å². The minimum absolute atomic E-state index is 0.177. The number of unbranched alkanes of at least 4 members (excludes halogenated alkanes) is 1. The maximum atomic E-state index is 10.8. The Hall–Kier alpha value is -1.55. The van der Waals surface area contributed by atoms with Gasteiger partial charge in [0.15, 0.2) is 0 Å². The summed E-state index contributed by atoms with van der Waals surface area (Å²) in [6, 6.07) is 12.4. The summed E-state index contributed by atoms with van der Waals surface area (Å²) in [4.78, 5) is 10.8. The molecule has 0 spiro atoms. The smallest absolute Gasteiger partial charge is 0.303 e. The second kappa shape index (κ2) is 7.46. The summed E-state index contributed by atoms with van der Waals surface area (Å²) in [6.45, 7) is 3.10. The minimum atomic E-state index is -0.747. The lowest BCUT2D eigenvalue weighted by atomic mass is 10.1. The predicted molar refractivity (Wildman–Crippen MR) is 88.4 cm³/mol. The summed E-state index contributed by atoms with van der Waals surface area (Å²) in [5.74, 6) is -0.747. The monoisotopic (exact) mass is 349 g/mol. The highest BCUT2D eigenvalue weighted by Crippen LogP contribution is 2.25. The number of aliphatic carboxylic acids is 1. The Labute approximate surface area is 133 Å². The van der Waals surface area contributed by atoms with E-state index in [4.69, 9.17) is 5.11 Å². The van der Waals surface area contributed by atoms with E-state index in [1.54, 1.807) is 0 Å². The maximum Gasteiger partial charge on any atom is 0.303 e. The zero-order valence-electron chi connectivity index (χ0n) is 12.2. The van der Waals surface area contributed by atoms with Crippen molar-refractivity contribution >= 4 is 21.9 Å². The number of carboxylic acids is 1. The Balaban J connectivity index is 2.31. The van der Waals surface area contributed by atoms with Crippen LogP contribution in [0.2, 0.25) is 0 Å². The first-order valence-electron chi connectivity index (χ1n) is 7.28. The van der Waals surface area contributed by atoms with Crippen molar-refractivity contribution in [3.05, 3.63) is 46.6 Å². The number of aromatic nitrogens is 1. The molecular weight excluding hydrogens is 330 g/mol. The van der Waals surface area contributed by atoms with Gasteiger partial charge in [0.25, 0.3) is 0 Å². The number of benzene rings is 1. The van der Waals surface area contributed by atoms with Crippen LogP contribution in [-0.2, 0) is 17.8 Å². The van der Waals surface area contributed by atoms with Crippen LogP contribution in [0.4, 0.5) is 0 Å². The molecule has 4 heteroatoms. The average Bonchev–Trinajstić information content (AvgIpc) is 2.86. The standard InChI is InChI=1S/C17H20BrNO2/c1-2-3-12-19-15(9-11-17(20)21)8-10-16(19)13-4-6-14(18)7-5-13/h4-8,10H,2-3,9,11-12H2,1H3,(H,20,21). The summed E-state index contributed by atoms with van der Waals surface area (Å²) in [5, 5.41) is 8.88. The summed E-state index contributed by atoms with van der Waals surface area (Å²) in [7, 11) is 0. The molecule has 21 heavy (non-hydrogen) atoms. The van der Waals surface area contributed by atoms with Gasteiger partial charge >= 0.3 is 5.97 Å². The molecule has 1 aromatic heterocycles. The van der Waals surface area contributed by atoms with E-state index in [0.717, 1.165) is 40.8 Å². The molecule has 0 aliphatic carbocycles.